The largest absolute Gasteiger partial charge is 1.00 e. The van der Waals surface area contributed by atoms with Gasteiger partial charge in [0.2, 0.25) is 5.72 Å². The number of methoxy groups -OCH3 is 1. The molecule has 0 bridgehead atoms. The second-order valence-electron chi connectivity index (χ2n) is 7.72. The minimum atomic E-state index is -1.07. The number of benzene rings is 1. The van der Waals surface area contributed by atoms with Crippen LogP contribution in [0.3, 0.4) is 0 Å². The Labute approximate surface area is 185 Å². The average molecular weight is 464 g/mol. The second kappa shape index (κ2) is 11.5. The monoisotopic (exact) mass is 463 g/mol. The van der Waals surface area contributed by atoms with Crippen LogP contribution in [-0.2, 0) is 12.3 Å². The van der Waals surface area contributed by atoms with Crippen LogP contribution in [0.4, 0.5) is 5.95 Å². The van der Waals surface area contributed by atoms with Crippen LogP contribution < -0.4 is 31.2 Å². The summed E-state index contributed by atoms with van der Waals surface area (Å²) in [6.07, 6.45) is 14.0. The van der Waals surface area contributed by atoms with Gasteiger partial charge in [0.05, 0.1) is 19.9 Å². The fourth-order valence-electron chi connectivity index (χ4n) is 4.02. The highest BCUT2D eigenvalue weighted by atomic mass is 79.9. The van der Waals surface area contributed by atoms with Crippen molar-refractivity contribution in [2.75, 3.05) is 18.6 Å². The van der Waals surface area contributed by atoms with Gasteiger partial charge >= 0.3 is 5.95 Å². The first-order valence-electron chi connectivity index (χ1n) is 10.7. The third-order valence-electron chi connectivity index (χ3n) is 5.67. The van der Waals surface area contributed by atoms with E-state index in [-0.39, 0.29) is 17.0 Å². The van der Waals surface area contributed by atoms with Crippen molar-refractivity contribution >= 4 is 5.95 Å². The number of rotatable bonds is 11. The molecule has 5 nitrogen and oxygen atoms in total. The van der Waals surface area contributed by atoms with Crippen molar-refractivity contribution in [2.24, 2.45) is 0 Å². The molecule has 1 N–H and O–H groups in total. The highest BCUT2D eigenvalue weighted by Gasteiger charge is 2.51. The van der Waals surface area contributed by atoms with Gasteiger partial charge in [0, 0.05) is 11.6 Å². The molecular formula is C23H34BrN3O2. The quantitative estimate of drug-likeness (QED) is 0.401. The zero-order chi connectivity index (χ0) is 19.8. The molecule has 0 spiro atoms. The van der Waals surface area contributed by atoms with Gasteiger partial charge in [-0.15, -0.1) is 0 Å². The summed E-state index contributed by atoms with van der Waals surface area (Å²) in [5.41, 5.74) is -0.201. The molecule has 0 saturated heterocycles. The van der Waals surface area contributed by atoms with E-state index >= 15 is 0 Å². The lowest BCUT2D eigenvalue weighted by atomic mass is 10.0. The molecule has 0 aliphatic carbocycles. The van der Waals surface area contributed by atoms with Crippen molar-refractivity contribution < 1.29 is 31.4 Å². The smallest absolute Gasteiger partial charge is 0.396 e. The molecule has 0 radical (unpaired) electrons. The number of fused-ring (bicyclic) bond motifs is 1. The van der Waals surface area contributed by atoms with Crippen molar-refractivity contribution in [1.82, 2.24) is 4.98 Å². The Morgan fingerprint density at radius 1 is 1.07 bits per heavy atom. The number of hydrogen-bond donors (Lipinski definition) is 1. The highest BCUT2D eigenvalue weighted by Crippen LogP contribution is 2.34. The lowest BCUT2D eigenvalue weighted by Gasteiger charge is -2.28. The van der Waals surface area contributed by atoms with E-state index in [4.69, 9.17) is 4.74 Å². The molecule has 1 aliphatic heterocycles. The standard InChI is InChI=1S/C23H34N3O2.BrH/c1-3-4-5-6-7-8-9-10-18-26-22-24-16-11-17-25(22)19-23(26,27)20-12-14-21(28-2)15-13-20;/h11-17,27H,3-10,18-19H2,1-2H3;1H/q+1;/p-1/t23-;/m1./s1. The predicted octanol–water partition coefficient (Wildman–Crippen LogP) is 1.19. The van der Waals surface area contributed by atoms with E-state index in [1.54, 1.807) is 13.3 Å². The molecule has 1 atom stereocenters. The fourth-order valence-corrected chi connectivity index (χ4v) is 4.02. The van der Waals surface area contributed by atoms with E-state index in [1.807, 2.05) is 41.1 Å². The van der Waals surface area contributed by atoms with Gasteiger partial charge in [0.25, 0.3) is 0 Å². The zero-order valence-corrected chi connectivity index (χ0v) is 19.3. The summed E-state index contributed by atoms with van der Waals surface area (Å²) in [6.45, 7) is 3.54. The lowest BCUT2D eigenvalue weighted by molar-refractivity contribution is -0.685. The van der Waals surface area contributed by atoms with Crippen molar-refractivity contribution in [3.63, 3.8) is 0 Å². The maximum atomic E-state index is 11.6. The molecule has 0 unspecified atom stereocenters. The minimum absolute atomic E-state index is 0. The summed E-state index contributed by atoms with van der Waals surface area (Å²) in [6, 6.07) is 9.63. The van der Waals surface area contributed by atoms with Gasteiger partial charge < -0.3 is 26.8 Å². The Kier molecular flexibility index (Phi) is 9.37. The second-order valence-corrected chi connectivity index (χ2v) is 7.72. The molecule has 0 saturated carbocycles. The van der Waals surface area contributed by atoms with E-state index in [0.29, 0.717) is 6.54 Å². The molecule has 160 valence electrons. The highest BCUT2D eigenvalue weighted by molar-refractivity contribution is 5.40. The average Bonchev–Trinajstić information content (AvgIpc) is 3.02. The van der Waals surface area contributed by atoms with Gasteiger partial charge in [-0.05, 0) is 30.7 Å². The van der Waals surface area contributed by atoms with Crippen LogP contribution in [0, 0.1) is 0 Å². The third kappa shape index (κ3) is 5.70. The van der Waals surface area contributed by atoms with Gasteiger partial charge in [0.15, 0.2) is 0 Å². The third-order valence-corrected chi connectivity index (χ3v) is 5.67. The van der Waals surface area contributed by atoms with Crippen molar-refractivity contribution in [3.05, 3.63) is 48.3 Å². The van der Waals surface area contributed by atoms with Crippen molar-refractivity contribution in [3.8, 4) is 5.75 Å². The van der Waals surface area contributed by atoms with Crippen LogP contribution in [0.5, 0.6) is 5.75 Å². The van der Waals surface area contributed by atoms with E-state index in [9.17, 15) is 5.11 Å². The van der Waals surface area contributed by atoms with E-state index in [1.165, 1.54) is 44.9 Å². The normalized spacial score (nSPS) is 17.7. The molecule has 2 heterocycles. The molecule has 1 aromatic heterocycles. The number of nitrogens with zero attached hydrogens (tertiary/aromatic N) is 3. The van der Waals surface area contributed by atoms with Gasteiger partial charge in [-0.2, -0.15) is 0 Å². The summed E-state index contributed by atoms with van der Waals surface area (Å²) in [5.74, 6) is 1.63. The lowest BCUT2D eigenvalue weighted by Crippen LogP contribution is -3.00. The minimum Gasteiger partial charge on any atom is -1.00 e. The number of anilines is 1. The van der Waals surface area contributed by atoms with Gasteiger partial charge in [-0.25, -0.2) is 9.47 Å². The van der Waals surface area contributed by atoms with Crippen LogP contribution in [0.1, 0.15) is 63.9 Å². The van der Waals surface area contributed by atoms with Crippen LogP contribution in [0.25, 0.3) is 0 Å². The number of hydrogen-bond acceptors (Lipinski definition) is 4. The van der Waals surface area contributed by atoms with Crippen LogP contribution in [0.2, 0.25) is 0 Å². The van der Waals surface area contributed by atoms with Crippen molar-refractivity contribution in [2.45, 2.75) is 70.6 Å². The van der Waals surface area contributed by atoms with E-state index < -0.39 is 5.72 Å². The molecular weight excluding hydrogens is 430 g/mol. The van der Waals surface area contributed by atoms with E-state index in [2.05, 4.69) is 16.8 Å². The maximum absolute atomic E-state index is 11.6. The number of halogens is 1. The first kappa shape index (κ1) is 23.6. The van der Waals surface area contributed by atoms with Crippen LogP contribution in [-0.4, -0.2) is 23.7 Å². The molecule has 3 rings (SSSR count). The summed E-state index contributed by atoms with van der Waals surface area (Å²) in [4.78, 5) is 6.61. The Morgan fingerprint density at radius 3 is 2.38 bits per heavy atom. The molecule has 0 fully saturated rings. The van der Waals surface area contributed by atoms with Gasteiger partial charge in [0.1, 0.15) is 18.5 Å². The summed E-state index contributed by atoms with van der Waals surface area (Å²) >= 11 is 0. The number of ether oxygens (including phenoxy) is 1. The molecule has 1 aliphatic rings. The Morgan fingerprint density at radius 2 is 1.72 bits per heavy atom. The van der Waals surface area contributed by atoms with Crippen LogP contribution >= 0.6 is 0 Å². The van der Waals surface area contributed by atoms with Gasteiger partial charge in [-0.1, -0.05) is 56.9 Å². The number of unbranched alkanes of at least 4 members (excludes halogenated alkanes) is 7. The van der Waals surface area contributed by atoms with Crippen LogP contribution in [0.15, 0.2) is 42.7 Å². The molecule has 29 heavy (non-hydrogen) atoms. The molecule has 2 aromatic rings. The molecule has 1 aromatic carbocycles. The first-order valence-corrected chi connectivity index (χ1v) is 10.7. The Bertz CT molecular complexity index is 741. The van der Waals surface area contributed by atoms with Crippen molar-refractivity contribution in [1.29, 1.82) is 0 Å². The summed E-state index contributed by atoms with van der Waals surface area (Å²) in [5, 5.41) is 11.6. The Balaban J connectivity index is 0.00000300. The first-order chi connectivity index (χ1) is 13.7. The molecule has 0 amide bonds. The van der Waals surface area contributed by atoms with E-state index in [0.717, 1.165) is 30.2 Å². The zero-order valence-electron chi connectivity index (χ0n) is 17.7. The topological polar surface area (TPSA) is 49.5 Å². The number of aliphatic hydroxyl groups is 1. The number of aromatic nitrogens is 2. The van der Waals surface area contributed by atoms with Gasteiger partial charge in [-0.3, -0.25) is 0 Å². The fraction of sp³-hybridized carbons (Fsp3) is 0.565. The molecule has 6 heteroatoms. The summed E-state index contributed by atoms with van der Waals surface area (Å²) < 4.78 is 7.30. The predicted molar refractivity (Wildman–Crippen MR) is 111 cm³/mol. The SMILES string of the molecule is CCCCCCCCCCN1c2nccc[n+]2C[C@@]1(O)c1ccc(OC)cc1.[Br-]. The summed E-state index contributed by atoms with van der Waals surface area (Å²) in [7, 11) is 1.66. The maximum Gasteiger partial charge on any atom is 0.396 e. The Hall–Kier alpha value is -1.66.